The molecule has 1 aromatic carbocycles. The van der Waals surface area contributed by atoms with Gasteiger partial charge in [0, 0.05) is 7.05 Å². The summed E-state index contributed by atoms with van der Waals surface area (Å²) in [5, 5.41) is 9.03. The molecule has 0 aliphatic carbocycles. The van der Waals surface area contributed by atoms with Crippen LogP contribution in [0.15, 0.2) is 24.3 Å². The van der Waals surface area contributed by atoms with Gasteiger partial charge in [0.05, 0.1) is 0 Å². The minimum absolute atomic E-state index is 0.329. The fourth-order valence-corrected chi connectivity index (χ4v) is 1.80. The van der Waals surface area contributed by atoms with Crippen LogP contribution in [0.1, 0.15) is 11.7 Å². The number of hydrogen-bond acceptors (Lipinski definition) is 3. The molecule has 1 aromatic rings. The van der Waals surface area contributed by atoms with E-state index in [1.54, 1.807) is 0 Å². The van der Waals surface area contributed by atoms with Gasteiger partial charge >= 0.3 is 12.1 Å². The first-order valence-corrected chi connectivity index (χ1v) is 4.92. The number of amides is 1. The van der Waals surface area contributed by atoms with Gasteiger partial charge in [-0.3, -0.25) is 4.90 Å². The first-order valence-electron chi connectivity index (χ1n) is 4.92. The summed E-state index contributed by atoms with van der Waals surface area (Å²) in [4.78, 5) is 23.3. The molecule has 0 saturated carbocycles. The summed E-state index contributed by atoms with van der Waals surface area (Å²) in [6.07, 6.45) is -1.72. The molecule has 2 rings (SSSR count). The molecule has 6 heteroatoms. The molecule has 0 spiro atoms. The van der Waals surface area contributed by atoms with Crippen LogP contribution >= 0.6 is 0 Å². The van der Waals surface area contributed by atoms with Crippen LogP contribution < -0.4 is 0 Å². The van der Waals surface area contributed by atoms with E-state index in [-0.39, 0.29) is 0 Å². The van der Waals surface area contributed by atoms with Gasteiger partial charge < -0.3 is 9.84 Å². The number of carboxylic acids is 1. The van der Waals surface area contributed by atoms with Gasteiger partial charge in [0.2, 0.25) is 0 Å². The van der Waals surface area contributed by atoms with Crippen LogP contribution in [0.4, 0.5) is 9.18 Å². The van der Waals surface area contributed by atoms with Crippen molar-refractivity contribution in [3.05, 3.63) is 35.6 Å². The molecule has 2 unspecified atom stereocenters. The lowest BCUT2D eigenvalue weighted by Gasteiger charge is -2.16. The zero-order valence-electron chi connectivity index (χ0n) is 8.96. The number of carboxylic acid groups (broad SMARTS) is 1. The Balaban J connectivity index is 2.38. The highest BCUT2D eigenvalue weighted by atomic mass is 19.1. The first kappa shape index (κ1) is 11.4. The third kappa shape index (κ3) is 1.93. The fourth-order valence-electron chi connectivity index (χ4n) is 1.80. The molecule has 1 N–H and O–H groups in total. The highest BCUT2D eigenvalue weighted by molar-refractivity contribution is 5.84. The second kappa shape index (κ2) is 4.04. The van der Waals surface area contributed by atoms with Crippen molar-refractivity contribution in [2.75, 3.05) is 7.05 Å². The van der Waals surface area contributed by atoms with Crippen LogP contribution in [0.25, 0.3) is 0 Å². The summed E-state index contributed by atoms with van der Waals surface area (Å²) >= 11 is 0. The van der Waals surface area contributed by atoms with E-state index in [1.807, 2.05) is 0 Å². The average molecular weight is 239 g/mol. The largest absolute Gasteiger partial charge is 0.480 e. The van der Waals surface area contributed by atoms with Crippen LogP contribution in [0.3, 0.4) is 0 Å². The number of carbonyl (C=O) groups is 2. The van der Waals surface area contributed by atoms with E-state index in [9.17, 15) is 14.0 Å². The minimum Gasteiger partial charge on any atom is -0.480 e. The molecule has 0 aromatic heterocycles. The predicted molar refractivity (Wildman–Crippen MR) is 54.8 cm³/mol. The number of halogens is 1. The second-order valence-electron chi connectivity index (χ2n) is 3.75. The Morgan fingerprint density at radius 1 is 1.53 bits per heavy atom. The number of ether oxygens (including phenoxy) is 1. The monoisotopic (exact) mass is 239 g/mol. The van der Waals surface area contributed by atoms with Crippen molar-refractivity contribution in [2.45, 2.75) is 12.1 Å². The molecule has 1 aliphatic heterocycles. The number of rotatable bonds is 2. The maximum atomic E-state index is 13.0. The zero-order chi connectivity index (χ0) is 12.6. The molecule has 1 aliphatic rings. The van der Waals surface area contributed by atoms with Crippen LogP contribution in [-0.2, 0) is 9.53 Å². The lowest BCUT2D eigenvalue weighted by molar-refractivity contribution is -0.142. The van der Waals surface area contributed by atoms with Crippen LogP contribution in [0.5, 0.6) is 0 Å². The molecule has 90 valence electrons. The molecular formula is C11H10FNO4. The van der Waals surface area contributed by atoms with Crippen molar-refractivity contribution in [3.8, 4) is 0 Å². The average Bonchev–Trinajstić information content (AvgIpc) is 2.55. The number of nitrogens with zero attached hydrogens (tertiary/aromatic N) is 1. The predicted octanol–water partition coefficient (Wildman–Crippen LogP) is 1.40. The minimum atomic E-state index is -1.19. The Morgan fingerprint density at radius 2 is 2.24 bits per heavy atom. The van der Waals surface area contributed by atoms with Crippen molar-refractivity contribution >= 4 is 12.1 Å². The zero-order valence-corrected chi connectivity index (χ0v) is 8.96. The molecule has 17 heavy (non-hydrogen) atoms. The lowest BCUT2D eigenvalue weighted by Crippen LogP contribution is -2.37. The fraction of sp³-hybridized carbons (Fsp3) is 0.273. The Kier molecular flexibility index (Phi) is 2.71. The van der Waals surface area contributed by atoms with E-state index in [1.165, 1.54) is 25.2 Å². The number of likely N-dealkylation sites (N-methyl/N-ethyl adjacent to an activating group) is 1. The number of hydrogen-bond donors (Lipinski definition) is 1. The Labute approximate surface area is 96.4 Å². The number of cyclic esters (lactones) is 1. The standard InChI is InChI=1S/C11H10FNO4/c1-13-8(10(14)15)9(17-11(13)16)6-3-2-4-7(12)5-6/h2-5,8-9H,1H3,(H,14,15). The Hall–Kier alpha value is -2.11. The Morgan fingerprint density at radius 3 is 2.82 bits per heavy atom. The van der Waals surface area contributed by atoms with E-state index in [0.717, 1.165) is 11.0 Å². The van der Waals surface area contributed by atoms with E-state index < -0.39 is 30.0 Å². The molecule has 1 heterocycles. The molecule has 1 fully saturated rings. The molecule has 2 atom stereocenters. The number of benzene rings is 1. The van der Waals surface area contributed by atoms with Gasteiger partial charge in [0.15, 0.2) is 12.1 Å². The number of carbonyl (C=O) groups excluding carboxylic acids is 1. The van der Waals surface area contributed by atoms with Crippen molar-refractivity contribution < 1.29 is 23.8 Å². The van der Waals surface area contributed by atoms with Crippen molar-refractivity contribution in [1.82, 2.24) is 4.90 Å². The smallest absolute Gasteiger partial charge is 0.411 e. The van der Waals surface area contributed by atoms with Crippen molar-refractivity contribution in [3.63, 3.8) is 0 Å². The van der Waals surface area contributed by atoms with Gasteiger partial charge in [-0.2, -0.15) is 0 Å². The normalized spacial score (nSPS) is 23.6. The summed E-state index contributed by atoms with van der Waals surface area (Å²) in [7, 11) is 1.33. The van der Waals surface area contributed by atoms with Gasteiger partial charge in [-0.05, 0) is 17.7 Å². The second-order valence-corrected chi connectivity index (χ2v) is 3.75. The third-order valence-corrected chi connectivity index (χ3v) is 2.65. The molecule has 0 bridgehead atoms. The van der Waals surface area contributed by atoms with Crippen molar-refractivity contribution in [2.24, 2.45) is 0 Å². The van der Waals surface area contributed by atoms with Crippen LogP contribution in [0.2, 0.25) is 0 Å². The summed E-state index contributed by atoms with van der Waals surface area (Å²) < 4.78 is 18.0. The first-order chi connectivity index (χ1) is 8.00. The highest BCUT2D eigenvalue weighted by Gasteiger charge is 2.45. The molecule has 0 radical (unpaired) electrons. The van der Waals surface area contributed by atoms with Gasteiger partial charge in [-0.1, -0.05) is 12.1 Å². The van der Waals surface area contributed by atoms with Crippen LogP contribution in [0, 0.1) is 5.82 Å². The molecular weight excluding hydrogens is 229 g/mol. The van der Waals surface area contributed by atoms with Gasteiger partial charge in [-0.25, -0.2) is 14.0 Å². The van der Waals surface area contributed by atoms with Crippen molar-refractivity contribution in [1.29, 1.82) is 0 Å². The summed E-state index contributed by atoms with van der Waals surface area (Å²) in [6.45, 7) is 0. The SMILES string of the molecule is CN1C(=O)OC(c2cccc(F)c2)C1C(=O)O. The maximum absolute atomic E-state index is 13.0. The summed E-state index contributed by atoms with van der Waals surface area (Å²) in [5.41, 5.74) is 0.329. The third-order valence-electron chi connectivity index (χ3n) is 2.65. The topological polar surface area (TPSA) is 66.8 Å². The summed E-state index contributed by atoms with van der Waals surface area (Å²) in [5.74, 6) is -1.69. The highest BCUT2D eigenvalue weighted by Crippen LogP contribution is 2.31. The van der Waals surface area contributed by atoms with Gasteiger partial charge in [0.1, 0.15) is 5.82 Å². The molecule has 5 nitrogen and oxygen atoms in total. The van der Waals surface area contributed by atoms with E-state index in [0.29, 0.717) is 5.56 Å². The maximum Gasteiger partial charge on any atom is 0.411 e. The lowest BCUT2D eigenvalue weighted by atomic mass is 10.0. The van der Waals surface area contributed by atoms with Gasteiger partial charge in [0.25, 0.3) is 0 Å². The van der Waals surface area contributed by atoms with E-state index >= 15 is 0 Å². The van der Waals surface area contributed by atoms with Gasteiger partial charge in [-0.15, -0.1) is 0 Å². The molecule has 1 saturated heterocycles. The van der Waals surface area contributed by atoms with E-state index in [2.05, 4.69) is 0 Å². The van der Waals surface area contributed by atoms with Crippen LogP contribution in [-0.4, -0.2) is 35.2 Å². The Bertz CT molecular complexity index is 476. The van der Waals surface area contributed by atoms with E-state index in [4.69, 9.17) is 9.84 Å². The molecule has 1 amide bonds. The number of aliphatic carboxylic acids is 1. The quantitative estimate of drug-likeness (QED) is 0.847. The summed E-state index contributed by atoms with van der Waals surface area (Å²) in [6, 6.07) is 4.22.